The van der Waals surface area contributed by atoms with Gasteiger partial charge >= 0.3 is 0 Å². The fourth-order valence-corrected chi connectivity index (χ4v) is 2.40. The van der Waals surface area contributed by atoms with Crippen LogP contribution in [0, 0.1) is 0 Å². The van der Waals surface area contributed by atoms with Gasteiger partial charge in [0, 0.05) is 37.6 Å². The predicted molar refractivity (Wildman–Crippen MR) is 90.0 cm³/mol. The molecule has 1 atom stereocenters. The SMILES string of the molecule is CN=C(NCC(O)c1cccc(Cl)c1)N(C)Cc1ccc[nH]1. The largest absolute Gasteiger partial charge is 0.387 e. The van der Waals surface area contributed by atoms with Crippen LogP contribution in [0.4, 0.5) is 0 Å². The second-order valence-electron chi connectivity index (χ2n) is 5.05. The van der Waals surface area contributed by atoms with Gasteiger partial charge in [0.25, 0.3) is 0 Å². The average molecular weight is 321 g/mol. The Labute approximate surface area is 135 Å². The van der Waals surface area contributed by atoms with Crippen LogP contribution in [0.25, 0.3) is 0 Å². The van der Waals surface area contributed by atoms with Gasteiger partial charge in [0.2, 0.25) is 0 Å². The molecule has 0 fully saturated rings. The summed E-state index contributed by atoms with van der Waals surface area (Å²) in [5.41, 5.74) is 1.88. The number of nitrogens with zero attached hydrogens (tertiary/aromatic N) is 2. The van der Waals surface area contributed by atoms with Crippen molar-refractivity contribution in [1.29, 1.82) is 0 Å². The number of hydrogen-bond donors (Lipinski definition) is 3. The van der Waals surface area contributed by atoms with Crippen molar-refractivity contribution in [2.24, 2.45) is 4.99 Å². The maximum Gasteiger partial charge on any atom is 0.193 e. The number of aromatic amines is 1. The molecule has 2 aromatic rings. The van der Waals surface area contributed by atoms with E-state index in [9.17, 15) is 5.11 Å². The monoisotopic (exact) mass is 320 g/mol. The van der Waals surface area contributed by atoms with Gasteiger partial charge in [0.05, 0.1) is 12.6 Å². The summed E-state index contributed by atoms with van der Waals surface area (Å²) in [5.74, 6) is 0.718. The fraction of sp³-hybridized carbons (Fsp3) is 0.312. The molecule has 0 aliphatic rings. The first-order chi connectivity index (χ1) is 10.6. The number of nitrogens with one attached hydrogen (secondary N) is 2. The molecule has 5 nitrogen and oxygen atoms in total. The lowest BCUT2D eigenvalue weighted by atomic mass is 10.1. The minimum atomic E-state index is -0.644. The zero-order valence-electron chi connectivity index (χ0n) is 12.8. The van der Waals surface area contributed by atoms with E-state index in [4.69, 9.17) is 11.6 Å². The Balaban J connectivity index is 1.90. The number of rotatable bonds is 5. The van der Waals surface area contributed by atoms with E-state index in [1.54, 1.807) is 19.2 Å². The molecule has 1 aromatic carbocycles. The quantitative estimate of drug-likeness (QED) is 0.585. The Bertz CT molecular complexity index is 612. The van der Waals surface area contributed by atoms with Gasteiger partial charge in [0.1, 0.15) is 0 Å². The lowest BCUT2D eigenvalue weighted by Crippen LogP contribution is -2.40. The van der Waals surface area contributed by atoms with E-state index in [1.165, 1.54) is 0 Å². The standard InChI is InChI=1S/C16H21ClN4O/c1-18-16(21(2)11-14-7-4-8-19-14)20-10-15(22)12-5-3-6-13(17)9-12/h3-9,15,19,22H,10-11H2,1-2H3,(H,18,20). The van der Waals surface area contributed by atoms with Crippen molar-refractivity contribution in [3.8, 4) is 0 Å². The highest BCUT2D eigenvalue weighted by Crippen LogP contribution is 2.17. The van der Waals surface area contributed by atoms with E-state index in [-0.39, 0.29) is 0 Å². The van der Waals surface area contributed by atoms with Crippen LogP contribution in [0.5, 0.6) is 0 Å². The third kappa shape index (κ3) is 4.51. The second kappa shape index (κ2) is 7.87. The van der Waals surface area contributed by atoms with Crippen molar-refractivity contribution >= 4 is 17.6 Å². The molecule has 0 radical (unpaired) electrons. The van der Waals surface area contributed by atoms with Crippen LogP contribution in [0.3, 0.4) is 0 Å². The van der Waals surface area contributed by atoms with Crippen LogP contribution in [-0.4, -0.2) is 41.6 Å². The van der Waals surface area contributed by atoms with Crippen LogP contribution >= 0.6 is 11.6 Å². The van der Waals surface area contributed by atoms with Gasteiger partial charge in [-0.3, -0.25) is 4.99 Å². The van der Waals surface area contributed by atoms with Gasteiger partial charge in [-0.1, -0.05) is 23.7 Å². The molecular formula is C16H21ClN4O. The maximum atomic E-state index is 10.2. The first-order valence-corrected chi connectivity index (χ1v) is 7.45. The molecule has 1 unspecified atom stereocenters. The Morgan fingerprint density at radius 1 is 1.41 bits per heavy atom. The average Bonchev–Trinajstić information content (AvgIpc) is 3.00. The molecule has 0 aliphatic heterocycles. The zero-order valence-corrected chi connectivity index (χ0v) is 13.5. The van der Waals surface area contributed by atoms with Gasteiger partial charge in [0.15, 0.2) is 5.96 Å². The summed E-state index contributed by atoms with van der Waals surface area (Å²) < 4.78 is 0. The molecular weight excluding hydrogens is 300 g/mol. The van der Waals surface area contributed by atoms with E-state index in [0.717, 1.165) is 17.2 Å². The molecule has 6 heteroatoms. The van der Waals surface area contributed by atoms with Crippen LogP contribution < -0.4 is 5.32 Å². The van der Waals surface area contributed by atoms with Gasteiger partial charge in [-0.25, -0.2) is 0 Å². The minimum absolute atomic E-state index is 0.363. The topological polar surface area (TPSA) is 63.7 Å². The summed E-state index contributed by atoms with van der Waals surface area (Å²) in [6.07, 6.45) is 1.25. The van der Waals surface area contributed by atoms with Crippen molar-refractivity contribution < 1.29 is 5.11 Å². The highest BCUT2D eigenvalue weighted by molar-refractivity contribution is 6.30. The van der Waals surface area contributed by atoms with Gasteiger partial charge < -0.3 is 20.3 Å². The van der Waals surface area contributed by atoms with Crippen molar-refractivity contribution in [3.05, 3.63) is 58.9 Å². The number of benzene rings is 1. The van der Waals surface area contributed by atoms with Crippen LogP contribution in [0.1, 0.15) is 17.4 Å². The molecule has 0 spiro atoms. The molecule has 0 aliphatic carbocycles. The Morgan fingerprint density at radius 3 is 2.86 bits per heavy atom. The fourth-order valence-electron chi connectivity index (χ4n) is 2.20. The number of aliphatic hydroxyl groups excluding tert-OH is 1. The zero-order chi connectivity index (χ0) is 15.9. The lowest BCUT2D eigenvalue weighted by molar-refractivity contribution is 0.179. The third-order valence-electron chi connectivity index (χ3n) is 3.33. The molecule has 1 aromatic heterocycles. The smallest absolute Gasteiger partial charge is 0.193 e. The number of aliphatic imine (C=N–C) groups is 1. The van der Waals surface area contributed by atoms with E-state index < -0.39 is 6.10 Å². The van der Waals surface area contributed by atoms with Crippen molar-refractivity contribution in [3.63, 3.8) is 0 Å². The van der Waals surface area contributed by atoms with Crippen molar-refractivity contribution in [2.75, 3.05) is 20.6 Å². The van der Waals surface area contributed by atoms with Gasteiger partial charge in [-0.15, -0.1) is 0 Å². The summed E-state index contributed by atoms with van der Waals surface area (Å²) in [6, 6.07) is 11.2. The number of aliphatic hydroxyl groups is 1. The Hall–Kier alpha value is -1.98. The number of H-pyrrole nitrogens is 1. The Kier molecular flexibility index (Phi) is 5.86. The third-order valence-corrected chi connectivity index (χ3v) is 3.57. The predicted octanol–water partition coefficient (Wildman–Crippen LogP) is 2.41. The molecule has 1 heterocycles. The molecule has 22 heavy (non-hydrogen) atoms. The summed E-state index contributed by atoms with van der Waals surface area (Å²) in [6.45, 7) is 1.07. The van der Waals surface area contributed by atoms with Gasteiger partial charge in [-0.2, -0.15) is 0 Å². The molecule has 0 saturated heterocycles. The number of guanidine groups is 1. The summed E-state index contributed by atoms with van der Waals surface area (Å²) >= 11 is 5.94. The Morgan fingerprint density at radius 2 is 2.23 bits per heavy atom. The summed E-state index contributed by atoms with van der Waals surface area (Å²) in [4.78, 5) is 9.37. The summed E-state index contributed by atoms with van der Waals surface area (Å²) in [7, 11) is 3.67. The molecule has 2 rings (SSSR count). The molecule has 118 valence electrons. The van der Waals surface area contributed by atoms with Crippen LogP contribution in [0.2, 0.25) is 5.02 Å². The number of hydrogen-bond acceptors (Lipinski definition) is 2. The highest BCUT2D eigenvalue weighted by atomic mass is 35.5. The number of halogens is 1. The van der Waals surface area contributed by atoms with E-state index in [1.807, 2.05) is 42.4 Å². The molecule has 0 bridgehead atoms. The highest BCUT2D eigenvalue weighted by Gasteiger charge is 2.11. The molecule has 3 N–H and O–H groups in total. The molecule has 0 amide bonds. The second-order valence-corrected chi connectivity index (χ2v) is 5.49. The van der Waals surface area contributed by atoms with Crippen molar-refractivity contribution in [2.45, 2.75) is 12.6 Å². The van der Waals surface area contributed by atoms with E-state index in [0.29, 0.717) is 18.1 Å². The van der Waals surface area contributed by atoms with Crippen LogP contribution in [0.15, 0.2) is 47.6 Å². The first kappa shape index (κ1) is 16.4. The maximum absolute atomic E-state index is 10.2. The van der Waals surface area contributed by atoms with E-state index >= 15 is 0 Å². The minimum Gasteiger partial charge on any atom is -0.387 e. The lowest BCUT2D eigenvalue weighted by Gasteiger charge is -2.23. The summed E-state index contributed by atoms with van der Waals surface area (Å²) in [5, 5.41) is 14.0. The van der Waals surface area contributed by atoms with Crippen molar-refractivity contribution in [1.82, 2.24) is 15.2 Å². The first-order valence-electron chi connectivity index (χ1n) is 7.07. The van der Waals surface area contributed by atoms with E-state index in [2.05, 4.69) is 15.3 Å². The normalized spacial score (nSPS) is 13.0. The van der Waals surface area contributed by atoms with Gasteiger partial charge in [-0.05, 0) is 29.8 Å². The molecule has 0 saturated carbocycles. The number of aromatic nitrogens is 1. The van der Waals surface area contributed by atoms with Crippen LogP contribution in [-0.2, 0) is 6.54 Å².